The summed E-state index contributed by atoms with van der Waals surface area (Å²) in [5.74, 6) is 0.0764. The van der Waals surface area contributed by atoms with E-state index >= 15 is 0 Å². The second-order valence-corrected chi connectivity index (χ2v) is 2.92. The average molecular weight is 404 g/mol. The van der Waals surface area contributed by atoms with Crippen LogP contribution in [0, 0.1) is 16.8 Å². The molecule has 0 atom stereocenters. The molecule has 2 radical (unpaired) electrons. The Morgan fingerprint density at radius 2 is 2.14 bits per heavy atom. The van der Waals surface area contributed by atoms with Gasteiger partial charge >= 0.3 is 48.8 Å². The van der Waals surface area contributed by atoms with Crippen molar-refractivity contribution >= 4 is 19.0 Å². The van der Waals surface area contributed by atoms with Gasteiger partial charge in [-0.25, -0.2) is 4.90 Å². The molecule has 7 heteroatoms. The Morgan fingerprint density at radius 3 is 2.43 bits per heavy atom. The molecule has 5 nitrogen and oxygen atoms in total. The van der Waals surface area contributed by atoms with E-state index in [-0.39, 0.29) is 11.9 Å². The third-order valence-corrected chi connectivity index (χ3v) is 1.52. The molecule has 0 aliphatic carbocycles. The fraction of sp³-hybridized carbons (Fsp3) is 0.571. The summed E-state index contributed by atoms with van der Waals surface area (Å²) >= 11 is 4.88. The van der Waals surface area contributed by atoms with Crippen LogP contribution < -0.4 is 0 Å². The molecule has 0 N–H and O–H groups in total. The zero-order valence-corrected chi connectivity index (χ0v) is 11.6. The summed E-state index contributed by atoms with van der Waals surface area (Å²) in [4.78, 5) is 13.1. The summed E-state index contributed by atoms with van der Waals surface area (Å²) < 4.78 is 0. The van der Waals surface area contributed by atoms with Crippen LogP contribution in [0.4, 0.5) is 0 Å². The fourth-order valence-corrected chi connectivity index (χ4v) is 1.00. The van der Waals surface area contributed by atoms with Crippen LogP contribution in [0.2, 0.25) is 0 Å². The van der Waals surface area contributed by atoms with Crippen molar-refractivity contribution in [3.63, 3.8) is 0 Å². The van der Waals surface area contributed by atoms with Gasteiger partial charge in [0.2, 0.25) is 0 Å². The molecule has 0 aromatic carbocycles. The predicted molar refractivity (Wildman–Crippen MR) is 57.1 cm³/mol. The number of rotatable bonds is 2. The average Bonchev–Trinajstić information content (AvgIpc) is 2.51. The van der Waals surface area contributed by atoms with Crippen molar-refractivity contribution in [3.8, 4) is 0 Å². The summed E-state index contributed by atoms with van der Waals surface area (Å²) in [6, 6.07) is 0.0617. The molecule has 1 aliphatic heterocycles. The van der Waals surface area contributed by atoms with E-state index in [0.29, 0.717) is 0 Å². The molecule has 0 saturated heterocycles. The van der Waals surface area contributed by atoms with Crippen LogP contribution >= 0.6 is 19.0 Å². The summed E-state index contributed by atoms with van der Waals surface area (Å²) in [6.45, 7) is 6.57. The number of hydrogen-bond acceptors (Lipinski definition) is 4. The number of nitrogens with zero attached hydrogens (tertiary/aromatic N) is 3. The third kappa shape index (κ3) is 3.76. The first kappa shape index (κ1) is 14.2. The Morgan fingerprint density at radius 1 is 1.64 bits per heavy atom. The molecule has 0 bridgehead atoms. The van der Waals surface area contributed by atoms with E-state index in [9.17, 15) is 10.1 Å². The Hall–Kier alpha value is 0.210. The molecular formula is C7H11AgIN3O2. The molecule has 0 fully saturated rings. The molecule has 1 heterocycles. The molecule has 14 heavy (non-hydrogen) atoms. The van der Waals surface area contributed by atoms with Crippen LogP contribution in [0.3, 0.4) is 0 Å². The van der Waals surface area contributed by atoms with Crippen molar-refractivity contribution in [3.05, 3.63) is 28.8 Å². The molecule has 84 valence electrons. The van der Waals surface area contributed by atoms with Gasteiger partial charge in [0.05, 0.1) is 12.2 Å². The Bertz CT molecular complexity index is 235. The zero-order valence-electron chi connectivity index (χ0n) is 7.99. The monoisotopic (exact) mass is 403 g/mol. The van der Waals surface area contributed by atoms with Gasteiger partial charge in [-0.15, -0.1) is 0 Å². The van der Waals surface area contributed by atoms with Crippen LogP contribution in [0.15, 0.2) is 12.0 Å². The summed E-state index contributed by atoms with van der Waals surface area (Å²) in [6.07, 6.45) is 1.44. The van der Waals surface area contributed by atoms with E-state index in [1.807, 2.05) is 32.9 Å². The number of hydrogen-bond donors (Lipinski definition) is 0. The minimum absolute atomic E-state index is 0.0617. The van der Waals surface area contributed by atoms with Crippen LogP contribution in [-0.2, 0) is 17.3 Å². The first-order valence-electron chi connectivity index (χ1n) is 3.78. The normalized spacial score (nSPS) is 15.2. The summed E-state index contributed by atoms with van der Waals surface area (Å²) in [5, 5.41) is 10.5. The van der Waals surface area contributed by atoms with Crippen molar-refractivity contribution in [2.24, 2.45) is 0 Å². The van der Waals surface area contributed by atoms with Crippen molar-refractivity contribution in [1.82, 2.24) is 9.80 Å². The molecule has 0 spiro atoms. The van der Waals surface area contributed by atoms with E-state index in [0.717, 1.165) is 0 Å². The molecule has 0 aromatic rings. The molecular weight excluding hydrogens is 393 g/mol. The van der Waals surface area contributed by atoms with Crippen molar-refractivity contribution < 1.29 is 22.2 Å². The van der Waals surface area contributed by atoms with Crippen molar-refractivity contribution in [2.75, 3.05) is 7.05 Å². The van der Waals surface area contributed by atoms with E-state index in [4.69, 9.17) is 0 Å². The first-order chi connectivity index (χ1) is 6.52. The second-order valence-electron chi connectivity index (χ2n) is 2.92. The Kier molecular flexibility index (Phi) is 6.75. The number of halogens is 1. The van der Waals surface area contributed by atoms with Gasteiger partial charge in [-0.05, 0) is 18.8 Å². The first-order valence-corrected chi connectivity index (χ1v) is 8.19. The van der Waals surface area contributed by atoms with Crippen molar-refractivity contribution in [2.45, 2.75) is 19.9 Å². The Labute approximate surface area is 106 Å². The van der Waals surface area contributed by atoms with E-state index < -0.39 is 4.92 Å². The quantitative estimate of drug-likeness (QED) is 0.304. The van der Waals surface area contributed by atoms with Crippen LogP contribution in [0.5, 0.6) is 0 Å². The van der Waals surface area contributed by atoms with Gasteiger partial charge in [0.15, 0.2) is 0 Å². The van der Waals surface area contributed by atoms with Crippen molar-refractivity contribution in [1.29, 1.82) is 0 Å². The number of nitro groups is 1. The minimum atomic E-state index is -0.406. The summed E-state index contributed by atoms with van der Waals surface area (Å²) in [5.41, 5.74) is 0. The standard InChI is InChI=1S/C7H11N3O2.Ag.HI/c1-6(2)9-5-8(3)4-7(9)10(11)12;;/h4,6H,1-3H3;;1H/q;+1;/p-1. The van der Waals surface area contributed by atoms with E-state index in [2.05, 4.69) is 23.9 Å². The van der Waals surface area contributed by atoms with Crippen LogP contribution in [0.25, 0.3) is 0 Å². The molecule has 0 saturated carbocycles. The Balaban J connectivity index is 0.000000791. The molecule has 0 amide bonds. The van der Waals surface area contributed by atoms with Gasteiger partial charge in [0, 0.05) is 7.05 Å². The molecule has 0 aromatic heterocycles. The molecule has 0 unspecified atom stereocenters. The van der Waals surface area contributed by atoms with Crippen LogP contribution in [-0.4, -0.2) is 27.8 Å². The van der Waals surface area contributed by atoms with Gasteiger partial charge < -0.3 is 15.0 Å². The van der Waals surface area contributed by atoms with E-state index in [1.54, 1.807) is 11.9 Å². The molecule has 1 aliphatic rings. The topological polar surface area (TPSA) is 49.6 Å². The predicted octanol–water partition coefficient (Wildman–Crippen LogP) is 1.60. The van der Waals surface area contributed by atoms with E-state index in [1.165, 1.54) is 11.1 Å². The van der Waals surface area contributed by atoms with Crippen LogP contribution in [0.1, 0.15) is 13.8 Å². The maximum absolute atomic E-state index is 10.5. The SMILES string of the molecule is CC(C)N1[C]N(C)C=C1[N+](=O)[O-].[Ag][I]. The third-order valence-electron chi connectivity index (χ3n) is 1.52. The zero-order chi connectivity index (χ0) is 11.3. The van der Waals surface area contributed by atoms with Gasteiger partial charge in [0.25, 0.3) is 0 Å². The van der Waals surface area contributed by atoms with Gasteiger partial charge in [0.1, 0.15) is 0 Å². The second kappa shape index (κ2) is 6.65. The summed E-state index contributed by atoms with van der Waals surface area (Å²) in [7, 11) is 1.71. The maximum atomic E-state index is 10.5. The molecule has 1 rings (SSSR count). The van der Waals surface area contributed by atoms with Gasteiger partial charge in [-0.2, -0.15) is 0 Å². The van der Waals surface area contributed by atoms with Gasteiger partial charge in [-0.1, -0.05) is 0 Å². The fourth-order valence-electron chi connectivity index (χ4n) is 1.00. The van der Waals surface area contributed by atoms with Gasteiger partial charge in [-0.3, -0.25) is 0 Å².